The first-order chi connectivity index (χ1) is 12.6. The first-order valence-electron chi connectivity index (χ1n) is 9.85. The monoisotopic (exact) mass is 358 g/mol. The number of nitrogens with zero attached hydrogens (tertiary/aromatic N) is 1. The summed E-state index contributed by atoms with van der Waals surface area (Å²) >= 11 is 0. The summed E-state index contributed by atoms with van der Waals surface area (Å²) in [6.07, 6.45) is 5.00. The second-order valence-electron chi connectivity index (χ2n) is 7.70. The Morgan fingerprint density at radius 1 is 1.35 bits per heavy atom. The van der Waals surface area contributed by atoms with Crippen molar-refractivity contribution < 1.29 is 14.8 Å². The predicted octanol–water partition coefficient (Wildman–Crippen LogP) is 1.44. The second-order valence-corrected chi connectivity index (χ2v) is 7.70. The van der Waals surface area contributed by atoms with E-state index in [4.69, 9.17) is 5.11 Å². The number of para-hydroxylation sites is 1. The molecular weight excluding hydrogens is 326 g/mol. The van der Waals surface area contributed by atoms with Crippen LogP contribution >= 0.6 is 0 Å². The molecule has 1 aromatic heterocycles. The van der Waals surface area contributed by atoms with Gasteiger partial charge < -0.3 is 19.9 Å². The summed E-state index contributed by atoms with van der Waals surface area (Å²) in [7, 11) is 1.79. The molecule has 1 aliphatic heterocycles. The summed E-state index contributed by atoms with van der Waals surface area (Å²) in [4.78, 5) is 19.0. The number of aromatic nitrogens is 1. The van der Waals surface area contributed by atoms with Crippen molar-refractivity contribution in [1.82, 2.24) is 9.88 Å². The van der Waals surface area contributed by atoms with Gasteiger partial charge in [-0.15, -0.1) is 0 Å². The molecule has 3 N–H and O–H groups in total. The lowest BCUT2D eigenvalue weighted by molar-refractivity contribution is -0.923. The molecule has 1 fully saturated rings. The Balaban J connectivity index is 1.60. The number of H-pyrrole nitrogens is 1. The number of hydrogen-bond donors (Lipinski definition) is 3. The first kappa shape index (κ1) is 18.9. The zero-order chi connectivity index (χ0) is 18.5. The largest absolute Gasteiger partial charge is 0.395 e. The molecule has 1 saturated heterocycles. The van der Waals surface area contributed by atoms with Crippen molar-refractivity contribution in [2.24, 2.45) is 11.8 Å². The molecule has 0 saturated carbocycles. The summed E-state index contributed by atoms with van der Waals surface area (Å²) < 4.78 is 0. The number of quaternary nitrogens is 1. The Labute approximate surface area is 156 Å². The van der Waals surface area contributed by atoms with Crippen LogP contribution in [0.1, 0.15) is 31.7 Å². The van der Waals surface area contributed by atoms with E-state index in [2.05, 4.69) is 42.4 Å². The van der Waals surface area contributed by atoms with Crippen LogP contribution in [0.5, 0.6) is 0 Å². The SMILES string of the molecule is CC[C@H]1C[NH+](Cc2c[nH]c3ccccc23)CC[C@H]1CC(=O)N(C)CCO. The highest BCUT2D eigenvalue weighted by Gasteiger charge is 2.33. The molecule has 1 aliphatic rings. The number of amides is 1. The van der Waals surface area contributed by atoms with E-state index in [1.807, 2.05) is 0 Å². The highest BCUT2D eigenvalue weighted by Crippen LogP contribution is 2.25. The summed E-state index contributed by atoms with van der Waals surface area (Å²) in [6.45, 7) is 6.02. The van der Waals surface area contributed by atoms with E-state index >= 15 is 0 Å². The van der Waals surface area contributed by atoms with E-state index in [1.165, 1.54) is 16.5 Å². The zero-order valence-corrected chi connectivity index (χ0v) is 16.0. The third-order valence-corrected chi connectivity index (χ3v) is 6.02. The van der Waals surface area contributed by atoms with Crippen molar-refractivity contribution in [2.75, 3.05) is 33.3 Å². The van der Waals surface area contributed by atoms with Crippen molar-refractivity contribution in [3.63, 3.8) is 0 Å². The summed E-state index contributed by atoms with van der Waals surface area (Å²) in [6, 6.07) is 8.49. The van der Waals surface area contributed by atoms with Crippen LogP contribution in [-0.4, -0.2) is 54.2 Å². The number of carbonyl (C=O) groups is 1. The Hall–Kier alpha value is -1.85. The van der Waals surface area contributed by atoms with Gasteiger partial charge in [0.1, 0.15) is 6.54 Å². The number of rotatable bonds is 7. The average Bonchev–Trinajstić information content (AvgIpc) is 3.06. The second kappa shape index (κ2) is 8.69. The lowest BCUT2D eigenvalue weighted by Crippen LogP contribution is -3.12. The molecule has 0 radical (unpaired) electrons. The molecule has 142 valence electrons. The van der Waals surface area contributed by atoms with Gasteiger partial charge in [-0.1, -0.05) is 25.1 Å². The van der Waals surface area contributed by atoms with Crippen LogP contribution in [0.2, 0.25) is 0 Å². The predicted molar refractivity (Wildman–Crippen MR) is 104 cm³/mol. The van der Waals surface area contributed by atoms with Gasteiger partial charge in [0, 0.05) is 55.0 Å². The van der Waals surface area contributed by atoms with E-state index in [1.54, 1.807) is 16.8 Å². The van der Waals surface area contributed by atoms with Gasteiger partial charge in [-0.25, -0.2) is 0 Å². The van der Waals surface area contributed by atoms with Gasteiger partial charge >= 0.3 is 0 Å². The van der Waals surface area contributed by atoms with Gasteiger partial charge in [0.15, 0.2) is 0 Å². The van der Waals surface area contributed by atoms with E-state index < -0.39 is 0 Å². The molecule has 0 aliphatic carbocycles. The number of carbonyl (C=O) groups excluding carboxylic acids is 1. The number of nitrogens with one attached hydrogen (secondary N) is 2. The maximum atomic E-state index is 12.4. The maximum Gasteiger partial charge on any atom is 0.222 e. The van der Waals surface area contributed by atoms with Crippen molar-refractivity contribution in [2.45, 2.75) is 32.7 Å². The minimum atomic E-state index is 0.0344. The molecule has 3 atom stereocenters. The molecule has 3 rings (SSSR count). The minimum absolute atomic E-state index is 0.0344. The normalized spacial score (nSPS) is 23.3. The summed E-state index contributed by atoms with van der Waals surface area (Å²) in [5.74, 6) is 1.23. The Kier molecular flexibility index (Phi) is 6.33. The molecule has 0 bridgehead atoms. The lowest BCUT2D eigenvalue weighted by Gasteiger charge is -2.36. The highest BCUT2D eigenvalue weighted by atomic mass is 16.3. The number of hydrogen-bond acceptors (Lipinski definition) is 2. The third-order valence-electron chi connectivity index (χ3n) is 6.02. The van der Waals surface area contributed by atoms with Crippen LogP contribution in [-0.2, 0) is 11.3 Å². The van der Waals surface area contributed by atoms with Crippen LogP contribution < -0.4 is 4.90 Å². The maximum absolute atomic E-state index is 12.4. The lowest BCUT2D eigenvalue weighted by atomic mass is 9.81. The molecule has 5 heteroatoms. The highest BCUT2D eigenvalue weighted by molar-refractivity contribution is 5.82. The molecule has 0 spiro atoms. The van der Waals surface area contributed by atoms with Crippen LogP contribution in [0.3, 0.4) is 0 Å². The average molecular weight is 359 g/mol. The summed E-state index contributed by atoms with van der Waals surface area (Å²) in [5, 5.41) is 10.4. The van der Waals surface area contributed by atoms with Crippen LogP contribution in [0.4, 0.5) is 0 Å². The number of aliphatic hydroxyl groups excluding tert-OH is 1. The molecular formula is C21H32N3O2+. The van der Waals surface area contributed by atoms with Crippen LogP contribution in [0.15, 0.2) is 30.5 Å². The Morgan fingerprint density at radius 3 is 2.92 bits per heavy atom. The van der Waals surface area contributed by atoms with Gasteiger partial charge in [-0.3, -0.25) is 4.79 Å². The van der Waals surface area contributed by atoms with Crippen molar-refractivity contribution in [3.8, 4) is 0 Å². The van der Waals surface area contributed by atoms with Crippen LogP contribution in [0.25, 0.3) is 10.9 Å². The van der Waals surface area contributed by atoms with Crippen LogP contribution in [0, 0.1) is 11.8 Å². The third kappa shape index (κ3) is 4.27. The first-order valence-corrected chi connectivity index (χ1v) is 9.85. The number of benzene rings is 1. The topological polar surface area (TPSA) is 60.8 Å². The standard InChI is InChI=1S/C21H31N3O2/c1-3-16-14-24(9-8-17(16)12-21(26)23(2)10-11-25)15-18-13-22-20-7-5-4-6-19(18)20/h4-7,13,16-17,22,25H,3,8-12,14-15H2,1-2H3/p+1/t16-,17-/m0/s1. The summed E-state index contributed by atoms with van der Waals surface area (Å²) in [5.41, 5.74) is 2.60. The fourth-order valence-corrected chi connectivity index (χ4v) is 4.37. The number of piperidine rings is 1. The van der Waals surface area contributed by atoms with Gasteiger partial charge in [0.2, 0.25) is 5.91 Å². The minimum Gasteiger partial charge on any atom is -0.395 e. The number of likely N-dealkylation sites (tertiary alicyclic amines) is 1. The van der Waals surface area contributed by atoms with Crippen molar-refractivity contribution >= 4 is 16.8 Å². The molecule has 1 unspecified atom stereocenters. The molecule has 2 aromatic rings. The molecule has 26 heavy (non-hydrogen) atoms. The fourth-order valence-electron chi connectivity index (χ4n) is 4.37. The van der Waals surface area contributed by atoms with Gasteiger partial charge in [0.25, 0.3) is 0 Å². The number of aliphatic hydroxyl groups is 1. The van der Waals surface area contributed by atoms with E-state index in [0.717, 1.165) is 32.5 Å². The number of likely N-dealkylation sites (N-methyl/N-ethyl adjacent to an activating group) is 1. The fraction of sp³-hybridized carbons (Fsp3) is 0.571. The van der Waals surface area contributed by atoms with E-state index in [-0.39, 0.29) is 12.5 Å². The zero-order valence-electron chi connectivity index (χ0n) is 16.0. The van der Waals surface area contributed by atoms with Crippen molar-refractivity contribution in [3.05, 3.63) is 36.0 Å². The van der Waals surface area contributed by atoms with Crippen molar-refractivity contribution in [1.29, 1.82) is 0 Å². The van der Waals surface area contributed by atoms with Gasteiger partial charge in [0.05, 0.1) is 19.7 Å². The van der Waals surface area contributed by atoms with Gasteiger partial charge in [-0.05, 0) is 18.4 Å². The van der Waals surface area contributed by atoms with Gasteiger partial charge in [-0.2, -0.15) is 0 Å². The van der Waals surface area contributed by atoms with E-state index in [9.17, 15) is 4.79 Å². The smallest absolute Gasteiger partial charge is 0.222 e. The Bertz CT molecular complexity index is 727. The Morgan fingerprint density at radius 2 is 2.15 bits per heavy atom. The van der Waals surface area contributed by atoms with E-state index in [0.29, 0.717) is 24.8 Å². The number of fused-ring (bicyclic) bond motifs is 1. The molecule has 1 aromatic carbocycles. The molecule has 5 nitrogen and oxygen atoms in total. The molecule has 2 heterocycles. The molecule has 1 amide bonds. The number of aromatic amines is 1. The quantitative estimate of drug-likeness (QED) is 0.701.